The van der Waals surface area contributed by atoms with E-state index in [0.29, 0.717) is 11.7 Å². The van der Waals surface area contributed by atoms with Gasteiger partial charge in [0, 0.05) is 25.2 Å². The highest BCUT2D eigenvalue weighted by atomic mass is 79.9. The van der Waals surface area contributed by atoms with Gasteiger partial charge >= 0.3 is 0 Å². The molecular weight excluding hydrogens is 290 g/mol. The SMILES string of the molecule is CCNC1CCN(c2cc(F)c(Br)cc2F)C1. The van der Waals surface area contributed by atoms with Crippen molar-refractivity contribution in [2.24, 2.45) is 0 Å². The number of nitrogens with zero attached hydrogens (tertiary/aromatic N) is 1. The molecule has 1 aliphatic rings. The van der Waals surface area contributed by atoms with Gasteiger partial charge in [-0.3, -0.25) is 0 Å². The Hall–Kier alpha value is -0.680. The first-order valence-corrected chi connectivity index (χ1v) is 6.54. The van der Waals surface area contributed by atoms with Crippen LogP contribution in [0, 0.1) is 11.6 Å². The molecule has 0 spiro atoms. The minimum Gasteiger partial charge on any atom is -0.367 e. The molecule has 1 heterocycles. The topological polar surface area (TPSA) is 15.3 Å². The molecule has 0 saturated carbocycles. The summed E-state index contributed by atoms with van der Waals surface area (Å²) in [4.78, 5) is 1.89. The van der Waals surface area contributed by atoms with Gasteiger partial charge in [0.05, 0.1) is 10.2 Å². The Kier molecular flexibility index (Phi) is 3.99. The molecule has 2 nitrogen and oxygen atoms in total. The number of nitrogens with one attached hydrogen (secondary N) is 1. The summed E-state index contributed by atoms with van der Waals surface area (Å²) < 4.78 is 27.3. The third-order valence-electron chi connectivity index (χ3n) is 3.01. The van der Waals surface area contributed by atoms with Crippen LogP contribution >= 0.6 is 15.9 Å². The summed E-state index contributed by atoms with van der Waals surface area (Å²) in [5.74, 6) is -0.802. The molecule has 1 aromatic rings. The zero-order valence-corrected chi connectivity index (χ0v) is 11.2. The van der Waals surface area contributed by atoms with Crippen LogP contribution < -0.4 is 10.2 Å². The average molecular weight is 305 g/mol. The summed E-state index contributed by atoms with van der Waals surface area (Å²) in [5, 5.41) is 3.32. The van der Waals surface area contributed by atoms with Gasteiger partial charge in [-0.05, 0) is 35.0 Å². The normalized spacial score (nSPS) is 20.0. The Morgan fingerprint density at radius 3 is 2.88 bits per heavy atom. The van der Waals surface area contributed by atoms with E-state index in [0.717, 1.165) is 26.1 Å². The number of rotatable bonds is 3. The van der Waals surface area contributed by atoms with Crippen molar-refractivity contribution in [2.45, 2.75) is 19.4 Å². The van der Waals surface area contributed by atoms with Gasteiger partial charge < -0.3 is 10.2 Å². The molecule has 0 radical (unpaired) electrons. The molecule has 94 valence electrons. The van der Waals surface area contributed by atoms with Crippen molar-refractivity contribution in [2.75, 3.05) is 24.5 Å². The van der Waals surface area contributed by atoms with E-state index in [2.05, 4.69) is 21.2 Å². The zero-order valence-electron chi connectivity index (χ0n) is 9.64. The van der Waals surface area contributed by atoms with Crippen molar-refractivity contribution in [3.8, 4) is 0 Å². The summed E-state index contributed by atoms with van der Waals surface area (Å²) >= 11 is 2.98. The van der Waals surface area contributed by atoms with Crippen molar-refractivity contribution in [1.82, 2.24) is 5.32 Å². The maximum absolute atomic E-state index is 13.7. The number of anilines is 1. The van der Waals surface area contributed by atoms with Crippen molar-refractivity contribution >= 4 is 21.6 Å². The van der Waals surface area contributed by atoms with Gasteiger partial charge in [0.15, 0.2) is 0 Å². The van der Waals surface area contributed by atoms with Gasteiger partial charge in [-0.2, -0.15) is 0 Å². The molecule has 2 rings (SSSR count). The van der Waals surface area contributed by atoms with E-state index in [4.69, 9.17) is 0 Å². The van der Waals surface area contributed by atoms with Crippen LogP contribution in [-0.2, 0) is 0 Å². The second-order valence-corrected chi connectivity index (χ2v) is 5.06. The van der Waals surface area contributed by atoms with Crippen molar-refractivity contribution < 1.29 is 8.78 Å². The van der Waals surface area contributed by atoms with E-state index in [1.807, 2.05) is 11.8 Å². The predicted molar refractivity (Wildman–Crippen MR) is 68.4 cm³/mol. The molecule has 0 aromatic heterocycles. The fourth-order valence-corrected chi connectivity index (χ4v) is 2.50. The Morgan fingerprint density at radius 1 is 1.41 bits per heavy atom. The Labute approximate surface area is 108 Å². The maximum Gasteiger partial charge on any atom is 0.147 e. The van der Waals surface area contributed by atoms with E-state index in [1.54, 1.807) is 0 Å². The molecule has 1 saturated heterocycles. The largest absolute Gasteiger partial charge is 0.367 e. The first-order valence-electron chi connectivity index (χ1n) is 5.74. The van der Waals surface area contributed by atoms with Gasteiger partial charge in [-0.1, -0.05) is 6.92 Å². The second-order valence-electron chi connectivity index (χ2n) is 4.21. The lowest BCUT2D eigenvalue weighted by Gasteiger charge is -2.20. The van der Waals surface area contributed by atoms with E-state index < -0.39 is 5.82 Å². The molecular formula is C12H15BrF2N2. The molecule has 0 bridgehead atoms. The van der Waals surface area contributed by atoms with Crippen LogP contribution in [0.15, 0.2) is 16.6 Å². The van der Waals surface area contributed by atoms with Crippen molar-refractivity contribution in [3.05, 3.63) is 28.2 Å². The fraction of sp³-hybridized carbons (Fsp3) is 0.500. The van der Waals surface area contributed by atoms with Crippen LogP contribution in [0.2, 0.25) is 0 Å². The van der Waals surface area contributed by atoms with E-state index >= 15 is 0 Å². The Morgan fingerprint density at radius 2 is 2.18 bits per heavy atom. The van der Waals surface area contributed by atoms with Crippen LogP contribution in [0.3, 0.4) is 0 Å². The van der Waals surface area contributed by atoms with Crippen LogP contribution in [-0.4, -0.2) is 25.7 Å². The minimum absolute atomic E-state index is 0.168. The summed E-state index contributed by atoms with van der Waals surface area (Å²) in [7, 11) is 0. The van der Waals surface area contributed by atoms with Crippen molar-refractivity contribution in [1.29, 1.82) is 0 Å². The van der Waals surface area contributed by atoms with Crippen LogP contribution in [0.4, 0.5) is 14.5 Å². The predicted octanol–water partition coefficient (Wildman–Crippen LogP) is 2.92. The molecule has 1 N–H and O–H groups in total. The van der Waals surface area contributed by atoms with Crippen LogP contribution in [0.1, 0.15) is 13.3 Å². The van der Waals surface area contributed by atoms with Gasteiger partial charge in [-0.15, -0.1) is 0 Å². The molecule has 0 amide bonds. The number of halogens is 3. The Bertz CT molecular complexity index is 412. The number of hydrogen-bond acceptors (Lipinski definition) is 2. The lowest BCUT2D eigenvalue weighted by molar-refractivity contribution is 0.568. The third kappa shape index (κ3) is 2.77. The smallest absolute Gasteiger partial charge is 0.147 e. The summed E-state index contributed by atoms with van der Waals surface area (Å²) in [6.07, 6.45) is 0.963. The molecule has 17 heavy (non-hydrogen) atoms. The molecule has 1 fully saturated rings. The standard InChI is InChI=1S/C12H15BrF2N2/c1-2-16-8-3-4-17(7-8)12-6-10(14)9(13)5-11(12)15/h5-6,8,16H,2-4,7H2,1H3. The number of hydrogen-bond donors (Lipinski definition) is 1. The van der Waals surface area contributed by atoms with Crippen LogP contribution in [0.25, 0.3) is 0 Å². The average Bonchev–Trinajstić information content (AvgIpc) is 2.72. The van der Waals surface area contributed by atoms with Gasteiger partial charge in [-0.25, -0.2) is 8.78 Å². The summed E-state index contributed by atoms with van der Waals surface area (Å²) in [6, 6.07) is 2.81. The lowest BCUT2D eigenvalue weighted by Crippen LogP contribution is -2.32. The van der Waals surface area contributed by atoms with Gasteiger partial charge in [0.1, 0.15) is 11.6 Å². The highest BCUT2D eigenvalue weighted by Gasteiger charge is 2.24. The molecule has 1 aliphatic heterocycles. The van der Waals surface area contributed by atoms with E-state index in [1.165, 1.54) is 12.1 Å². The fourth-order valence-electron chi connectivity index (χ4n) is 2.19. The number of benzene rings is 1. The first-order chi connectivity index (χ1) is 8.11. The quantitative estimate of drug-likeness (QED) is 0.864. The lowest BCUT2D eigenvalue weighted by atomic mass is 10.2. The van der Waals surface area contributed by atoms with Gasteiger partial charge in [0.2, 0.25) is 0 Å². The monoisotopic (exact) mass is 304 g/mol. The molecule has 0 aliphatic carbocycles. The van der Waals surface area contributed by atoms with Crippen molar-refractivity contribution in [3.63, 3.8) is 0 Å². The van der Waals surface area contributed by atoms with E-state index in [-0.39, 0.29) is 10.3 Å². The molecule has 1 unspecified atom stereocenters. The highest BCUT2D eigenvalue weighted by molar-refractivity contribution is 9.10. The number of likely N-dealkylation sites (N-methyl/N-ethyl adjacent to an activating group) is 1. The molecule has 1 atom stereocenters. The van der Waals surface area contributed by atoms with Gasteiger partial charge in [0.25, 0.3) is 0 Å². The third-order valence-corrected chi connectivity index (χ3v) is 3.62. The molecule has 5 heteroatoms. The van der Waals surface area contributed by atoms with Crippen LogP contribution in [0.5, 0.6) is 0 Å². The second kappa shape index (κ2) is 5.31. The van der Waals surface area contributed by atoms with E-state index in [9.17, 15) is 8.78 Å². The summed E-state index contributed by atoms with van der Waals surface area (Å²) in [5.41, 5.74) is 0.353. The molecule has 1 aromatic carbocycles. The zero-order chi connectivity index (χ0) is 12.4. The first kappa shape index (κ1) is 12.8. The summed E-state index contributed by atoms with van der Waals surface area (Å²) in [6.45, 7) is 4.43. The minimum atomic E-state index is -0.423. The Balaban J connectivity index is 2.16. The maximum atomic E-state index is 13.7. The highest BCUT2D eigenvalue weighted by Crippen LogP contribution is 2.28.